The van der Waals surface area contributed by atoms with Crippen LogP contribution in [-0.4, -0.2) is 36.4 Å². The van der Waals surface area contributed by atoms with Crippen LogP contribution in [0.4, 0.5) is 0 Å². The summed E-state index contributed by atoms with van der Waals surface area (Å²) in [4.78, 5) is 15.8. The van der Waals surface area contributed by atoms with Crippen LogP contribution in [0.2, 0.25) is 0 Å². The molecule has 0 saturated carbocycles. The summed E-state index contributed by atoms with van der Waals surface area (Å²) in [5.74, 6) is -0.565. The molecule has 16 heavy (non-hydrogen) atoms. The second kappa shape index (κ2) is 3.79. The van der Waals surface area contributed by atoms with Gasteiger partial charge in [0.05, 0.1) is 11.9 Å². The van der Waals surface area contributed by atoms with Crippen molar-refractivity contribution in [1.29, 1.82) is 0 Å². The third kappa shape index (κ3) is 2.08. The number of sulfonamides is 1. The summed E-state index contributed by atoms with van der Waals surface area (Å²) in [7, 11) is -3.18. The molecule has 0 spiro atoms. The first-order valence-corrected chi connectivity index (χ1v) is 7.28. The Balaban J connectivity index is 2.31. The Morgan fingerprint density at radius 3 is 2.81 bits per heavy atom. The highest BCUT2D eigenvalue weighted by molar-refractivity contribution is 7.88. The molecular formula is C8H11N3O3S2. The summed E-state index contributed by atoms with van der Waals surface area (Å²) in [6.07, 6.45) is 1.71. The van der Waals surface area contributed by atoms with Gasteiger partial charge in [-0.2, -0.15) is 4.31 Å². The molecule has 0 bridgehead atoms. The van der Waals surface area contributed by atoms with Crippen LogP contribution in [0.3, 0.4) is 0 Å². The van der Waals surface area contributed by atoms with Gasteiger partial charge in [0.1, 0.15) is 0 Å². The fraction of sp³-hybridized carbons (Fsp3) is 0.500. The van der Waals surface area contributed by atoms with Gasteiger partial charge in [-0.05, 0) is 0 Å². The lowest BCUT2D eigenvalue weighted by molar-refractivity contribution is 0.0999. The number of nitrogens with zero attached hydrogens (tertiary/aromatic N) is 2. The van der Waals surface area contributed by atoms with Gasteiger partial charge in [-0.1, -0.05) is 0 Å². The van der Waals surface area contributed by atoms with Crippen molar-refractivity contribution < 1.29 is 13.2 Å². The smallest absolute Gasteiger partial charge is 0.277 e. The SMILES string of the molecule is CS(=O)(=O)N1CCc2nc(C(N)=O)sc2C1. The zero-order chi connectivity index (χ0) is 11.9. The van der Waals surface area contributed by atoms with E-state index >= 15 is 0 Å². The van der Waals surface area contributed by atoms with Gasteiger partial charge >= 0.3 is 0 Å². The molecule has 1 aliphatic rings. The van der Waals surface area contributed by atoms with Crippen molar-refractivity contribution >= 4 is 27.3 Å². The molecule has 2 rings (SSSR count). The molecule has 2 heterocycles. The Labute approximate surface area is 97.1 Å². The van der Waals surface area contributed by atoms with Crippen LogP contribution in [0.25, 0.3) is 0 Å². The normalized spacial score (nSPS) is 17.1. The number of rotatable bonds is 2. The number of primary amides is 1. The first-order valence-electron chi connectivity index (χ1n) is 4.61. The van der Waals surface area contributed by atoms with E-state index in [1.54, 1.807) is 0 Å². The van der Waals surface area contributed by atoms with Gasteiger partial charge in [-0.3, -0.25) is 4.79 Å². The molecule has 2 N–H and O–H groups in total. The fourth-order valence-corrected chi connectivity index (χ4v) is 3.40. The van der Waals surface area contributed by atoms with Gasteiger partial charge in [0, 0.05) is 24.4 Å². The lowest BCUT2D eigenvalue weighted by Crippen LogP contribution is -2.34. The lowest BCUT2D eigenvalue weighted by Gasteiger charge is -2.23. The number of hydrogen-bond acceptors (Lipinski definition) is 5. The summed E-state index contributed by atoms with van der Waals surface area (Å²) >= 11 is 1.17. The number of amides is 1. The van der Waals surface area contributed by atoms with Crippen LogP contribution in [-0.2, 0) is 23.0 Å². The van der Waals surface area contributed by atoms with Crippen molar-refractivity contribution in [1.82, 2.24) is 9.29 Å². The molecule has 8 heteroatoms. The summed E-state index contributed by atoms with van der Waals surface area (Å²) < 4.78 is 24.1. The van der Waals surface area contributed by atoms with E-state index in [9.17, 15) is 13.2 Å². The third-order valence-corrected chi connectivity index (χ3v) is 4.72. The minimum Gasteiger partial charge on any atom is -0.364 e. The lowest BCUT2D eigenvalue weighted by atomic mass is 10.2. The number of thiazole rings is 1. The highest BCUT2D eigenvalue weighted by atomic mass is 32.2. The van der Waals surface area contributed by atoms with Crippen LogP contribution in [0.1, 0.15) is 20.4 Å². The van der Waals surface area contributed by atoms with Crippen LogP contribution >= 0.6 is 11.3 Å². The second-order valence-corrected chi connectivity index (χ2v) is 6.67. The highest BCUT2D eigenvalue weighted by Gasteiger charge is 2.26. The van der Waals surface area contributed by atoms with Gasteiger partial charge in [0.25, 0.3) is 5.91 Å². The highest BCUT2D eigenvalue weighted by Crippen LogP contribution is 2.25. The average Bonchev–Trinajstić information content (AvgIpc) is 2.58. The van der Waals surface area contributed by atoms with Crippen molar-refractivity contribution in [2.24, 2.45) is 5.73 Å². The zero-order valence-electron chi connectivity index (χ0n) is 8.63. The first-order chi connectivity index (χ1) is 7.38. The molecule has 88 valence electrons. The Kier molecular flexibility index (Phi) is 2.72. The molecule has 0 unspecified atom stereocenters. The minimum absolute atomic E-state index is 0.250. The topological polar surface area (TPSA) is 93.4 Å². The molecule has 0 saturated heterocycles. The maximum atomic E-state index is 11.4. The van der Waals surface area contributed by atoms with E-state index in [0.717, 1.165) is 10.6 Å². The fourth-order valence-electron chi connectivity index (χ4n) is 1.56. The van der Waals surface area contributed by atoms with Gasteiger partial charge in [0.15, 0.2) is 5.01 Å². The van der Waals surface area contributed by atoms with Gasteiger partial charge < -0.3 is 5.73 Å². The predicted octanol–water partition coefficient (Wildman–Crippen LogP) is -0.440. The zero-order valence-corrected chi connectivity index (χ0v) is 10.3. The maximum absolute atomic E-state index is 11.4. The molecule has 1 amide bonds. The van der Waals surface area contributed by atoms with Gasteiger partial charge in [-0.15, -0.1) is 11.3 Å². The van der Waals surface area contributed by atoms with Gasteiger partial charge in [-0.25, -0.2) is 13.4 Å². The molecule has 0 atom stereocenters. The van der Waals surface area contributed by atoms with E-state index < -0.39 is 15.9 Å². The van der Waals surface area contributed by atoms with Crippen LogP contribution in [0, 0.1) is 0 Å². The van der Waals surface area contributed by atoms with Gasteiger partial charge in [0.2, 0.25) is 10.0 Å². The van der Waals surface area contributed by atoms with Crippen LogP contribution < -0.4 is 5.73 Å². The molecule has 6 nitrogen and oxygen atoms in total. The average molecular weight is 261 g/mol. The van der Waals surface area contributed by atoms with E-state index in [2.05, 4.69) is 4.98 Å². The largest absolute Gasteiger partial charge is 0.364 e. The Morgan fingerprint density at radius 2 is 2.25 bits per heavy atom. The van der Waals surface area contributed by atoms with Crippen molar-refractivity contribution in [3.8, 4) is 0 Å². The number of carbonyl (C=O) groups is 1. The van der Waals surface area contributed by atoms with Crippen molar-refractivity contribution in [3.05, 3.63) is 15.6 Å². The second-order valence-electron chi connectivity index (χ2n) is 3.60. The Hall–Kier alpha value is -0.990. The monoisotopic (exact) mass is 261 g/mol. The van der Waals surface area contributed by atoms with E-state index in [1.807, 2.05) is 0 Å². The number of carbonyl (C=O) groups excluding carboxylic acids is 1. The summed E-state index contributed by atoms with van der Waals surface area (Å²) in [5.41, 5.74) is 5.91. The van der Waals surface area contributed by atoms with Crippen LogP contribution in [0.15, 0.2) is 0 Å². The van der Waals surface area contributed by atoms with E-state index in [-0.39, 0.29) is 5.01 Å². The number of hydrogen-bond donors (Lipinski definition) is 1. The van der Waals surface area contributed by atoms with Crippen LogP contribution in [0.5, 0.6) is 0 Å². The molecule has 1 aromatic heterocycles. The molecule has 0 radical (unpaired) electrons. The molecule has 0 fully saturated rings. The number of aromatic nitrogens is 1. The summed E-state index contributed by atoms with van der Waals surface area (Å²) in [6.45, 7) is 0.701. The molecule has 0 aromatic carbocycles. The molecule has 1 aliphatic heterocycles. The summed E-state index contributed by atoms with van der Waals surface area (Å²) in [5, 5.41) is 0.250. The van der Waals surface area contributed by atoms with Crippen molar-refractivity contribution in [3.63, 3.8) is 0 Å². The third-order valence-electron chi connectivity index (χ3n) is 2.38. The quantitative estimate of drug-likeness (QED) is 0.781. The standard InChI is InChI=1S/C8H11N3O3S2/c1-16(13,14)11-3-2-5-6(4-11)15-8(10-5)7(9)12/h2-4H2,1H3,(H2,9,12). The van der Waals surface area contributed by atoms with E-state index in [4.69, 9.17) is 5.73 Å². The Bertz CT molecular complexity index is 535. The first kappa shape index (κ1) is 11.5. The molecule has 0 aliphatic carbocycles. The number of nitrogens with two attached hydrogens (primary N) is 1. The van der Waals surface area contributed by atoms with Crippen molar-refractivity contribution in [2.45, 2.75) is 13.0 Å². The maximum Gasteiger partial charge on any atom is 0.277 e. The Morgan fingerprint density at radius 1 is 1.56 bits per heavy atom. The molecule has 1 aromatic rings. The number of fused-ring (bicyclic) bond motifs is 1. The molecular weight excluding hydrogens is 250 g/mol. The predicted molar refractivity (Wildman–Crippen MR) is 59.6 cm³/mol. The van der Waals surface area contributed by atoms with E-state index in [0.29, 0.717) is 19.5 Å². The summed E-state index contributed by atoms with van der Waals surface area (Å²) in [6, 6.07) is 0. The minimum atomic E-state index is -3.18. The van der Waals surface area contributed by atoms with Crippen molar-refractivity contribution in [2.75, 3.05) is 12.8 Å². The van der Waals surface area contributed by atoms with E-state index in [1.165, 1.54) is 21.9 Å².